The highest BCUT2D eigenvalue weighted by Gasteiger charge is 2.72. The molecule has 10 heteroatoms. The zero-order valence-corrected chi connectivity index (χ0v) is 19.8. The van der Waals surface area contributed by atoms with Crippen molar-refractivity contribution < 1.29 is 28.2 Å². The fourth-order valence-electron chi connectivity index (χ4n) is 4.81. The van der Waals surface area contributed by atoms with Gasteiger partial charge in [-0.05, 0) is 54.7 Å². The molecule has 1 spiro atoms. The first-order valence-electron chi connectivity index (χ1n) is 12.0. The summed E-state index contributed by atoms with van der Waals surface area (Å²) in [6.45, 7) is -0.825. The summed E-state index contributed by atoms with van der Waals surface area (Å²) < 4.78 is 36.1. The van der Waals surface area contributed by atoms with Crippen LogP contribution in [0.1, 0.15) is 31.2 Å². The zero-order valence-electron chi connectivity index (χ0n) is 19.8. The Morgan fingerprint density at radius 2 is 2.03 bits per heavy atom. The Hall–Kier alpha value is -4.02. The van der Waals surface area contributed by atoms with Crippen LogP contribution in [0.2, 0.25) is 0 Å². The molecule has 0 radical (unpaired) electrons. The second kappa shape index (κ2) is 9.13. The molecule has 1 aromatic heterocycles. The van der Waals surface area contributed by atoms with Crippen LogP contribution < -0.4 is 10.1 Å². The van der Waals surface area contributed by atoms with Gasteiger partial charge in [-0.25, -0.2) is 13.8 Å². The molecule has 190 valence electrons. The first-order valence-corrected chi connectivity index (χ1v) is 12.0. The lowest BCUT2D eigenvalue weighted by Gasteiger charge is -2.39. The van der Waals surface area contributed by atoms with Gasteiger partial charge in [0, 0.05) is 25.1 Å². The second-order valence-corrected chi connectivity index (χ2v) is 9.77. The number of carbonyl (C=O) groups is 2. The Bertz CT molecular complexity index is 1350. The normalized spacial score (nSPS) is 24.5. The Kier molecular flexibility index (Phi) is 6.09. The maximum absolute atomic E-state index is 15.1. The van der Waals surface area contributed by atoms with Crippen LogP contribution in [0.3, 0.4) is 0 Å². The van der Waals surface area contributed by atoms with E-state index in [4.69, 9.17) is 11.2 Å². The van der Waals surface area contributed by atoms with Gasteiger partial charge in [0.1, 0.15) is 23.7 Å². The molecule has 2 N–H and O–H groups in total. The summed E-state index contributed by atoms with van der Waals surface area (Å²) in [6, 6.07) is 10.4. The Morgan fingerprint density at radius 1 is 1.27 bits per heavy atom. The average Bonchev–Trinajstić information content (AvgIpc) is 3.82. The number of hydrogen-bond acceptors (Lipinski definition) is 6. The van der Waals surface area contributed by atoms with Crippen LogP contribution in [0.5, 0.6) is 5.75 Å². The van der Waals surface area contributed by atoms with Gasteiger partial charge in [-0.1, -0.05) is 12.0 Å². The Morgan fingerprint density at radius 3 is 2.70 bits per heavy atom. The van der Waals surface area contributed by atoms with Gasteiger partial charge in [-0.15, -0.1) is 6.42 Å². The maximum Gasteiger partial charge on any atom is 0.274 e. The van der Waals surface area contributed by atoms with E-state index in [2.05, 4.69) is 16.4 Å². The number of hydrogen-bond donors (Lipinski definition) is 2. The van der Waals surface area contributed by atoms with Gasteiger partial charge in [-0.2, -0.15) is 5.26 Å². The van der Waals surface area contributed by atoms with Crippen molar-refractivity contribution in [1.29, 1.82) is 5.26 Å². The largest absolute Gasteiger partial charge is 0.488 e. The number of benzene rings is 1. The molecular weight excluding hydrogens is 482 g/mol. The number of anilines is 1. The number of terminal acetylenes is 1. The number of rotatable bonds is 6. The fourth-order valence-corrected chi connectivity index (χ4v) is 4.81. The lowest BCUT2D eigenvalue weighted by molar-refractivity contribution is -0.163. The predicted molar refractivity (Wildman–Crippen MR) is 128 cm³/mol. The number of nitriles is 1. The fraction of sp³-hybridized carbons (Fsp3) is 0.407. The van der Waals surface area contributed by atoms with E-state index in [0.717, 1.165) is 23.3 Å². The smallest absolute Gasteiger partial charge is 0.274 e. The van der Waals surface area contributed by atoms with E-state index in [1.807, 2.05) is 5.92 Å². The van der Waals surface area contributed by atoms with Crippen molar-refractivity contribution in [3.8, 4) is 35.3 Å². The molecule has 2 heterocycles. The predicted octanol–water partition coefficient (Wildman–Crippen LogP) is 2.97. The quantitative estimate of drug-likeness (QED) is 0.582. The molecule has 2 aliphatic carbocycles. The summed E-state index contributed by atoms with van der Waals surface area (Å²) in [7, 11) is 0. The number of nitrogens with one attached hydrogen (secondary N) is 1. The van der Waals surface area contributed by atoms with Crippen molar-refractivity contribution in [1.82, 2.24) is 9.88 Å². The van der Waals surface area contributed by atoms with Gasteiger partial charge >= 0.3 is 0 Å². The lowest BCUT2D eigenvalue weighted by Crippen LogP contribution is -2.55. The summed E-state index contributed by atoms with van der Waals surface area (Å²) in [5.74, 6) is -1.73. The minimum absolute atomic E-state index is 0.0139. The van der Waals surface area contributed by atoms with E-state index in [1.165, 1.54) is 0 Å². The van der Waals surface area contributed by atoms with Gasteiger partial charge in [0.15, 0.2) is 6.10 Å². The van der Waals surface area contributed by atoms with Crippen molar-refractivity contribution in [2.75, 3.05) is 18.4 Å². The van der Waals surface area contributed by atoms with E-state index in [-0.39, 0.29) is 42.5 Å². The lowest BCUT2D eigenvalue weighted by atomic mass is 9.88. The molecular formula is C27H24F2N4O4. The van der Waals surface area contributed by atoms with Crippen molar-refractivity contribution >= 4 is 17.6 Å². The van der Waals surface area contributed by atoms with Crippen molar-refractivity contribution in [3.05, 3.63) is 42.1 Å². The summed E-state index contributed by atoms with van der Waals surface area (Å²) in [6.07, 6.45) is 5.84. The number of halogens is 2. The molecule has 2 saturated carbocycles. The van der Waals surface area contributed by atoms with Gasteiger partial charge in [0.2, 0.25) is 5.91 Å². The van der Waals surface area contributed by atoms with E-state index < -0.39 is 36.0 Å². The number of carbonyl (C=O) groups excluding carboxylic acids is 2. The van der Waals surface area contributed by atoms with Crippen LogP contribution >= 0.6 is 0 Å². The molecule has 1 aliphatic heterocycles. The molecule has 1 saturated heterocycles. The highest BCUT2D eigenvalue weighted by Crippen LogP contribution is 2.62. The molecule has 2 unspecified atom stereocenters. The summed E-state index contributed by atoms with van der Waals surface area (Å²) in [4.78, 5) is 29.2. The molecule has 1 aromatic carbocycles. The number of piperidine rings is 1. The molecule has 37 heavy (non-hydrogen) atoms. The van der Waals surface area contributed by atoms with Crippen LogP contribution in [0.15, 0.2) is 36.5 Å². The van der Waals surface area contributed by atoms with Crippen LogP contribution in [-0.2, 0) is 9.59 Å². The Balaban J connectivity index is 1.29. The van der Waals surface area contributed by atoms with Gasteiger partial charge in [-0.3, -0.25) is 9.59 Å². The monoisotopic (exact) mass is 506 g/mol. The minimum Gasteiger partial charge on any atom is -0.488 e. The summed E-state index contributed by atoms with van der Waals surface area (Å²) in [5.41, 5.74) is 0.150. The van der Waals surface area contributed by atoms with Gasteiger partial charge < -0.3 is 20.1 Å². The van der Waals surface area contributed by atoms with E-state index in [9.17, 15) is 20.0 Å². The first-order chi connectivity index (χ1) is 17.7. The van der Waals surface area contributed by atoms with Crippen molar-refractivity contribution in [2.24, 2.45) is 11.3 Å². The minimum atomic E-state index is -3.25. The third-order valence-electron chi connectivity index (χ3n) is 7.32. The zero-order chi connectivity index (χ0) is 26.4. The number of aromatic nitrogens is 1. The van der Waals surface area contributed by atoms with Gasteiger partial charge in [0.05, 0.1) is 17.5 Å². The number of aliphatic hydroxyl groups excluding tert-OH is 1. The molecule has 2 aromatic rings. The second-order valence-electron chi connectivity index (χ2n) is 9.77. The number of likely N-dealkylation sites (tertiary alicyclic amines) is 1. The number of amides is 2. The van der Waals surface area contributed by atoms with Gasteiger partial charge in [0.25, 0.3) is 11.8 Å². The third-order valence-corrected chi connectivity index (χ3v) is 7.32. The Labute approximate surface area is 212 Å². The van der Waals surface area contributed by atoms with Crippen LogP contribution in [0.25, 0.3) is 11.1 Å². The highest BCUT2D eigenvalue weighted by molar-refractivity contribution is 5.93. The molecule has 3 fully saturated rings. The number of aliphatic hydroxyl groups is 1. The molecule has 3 aliphatic rings. The topological polar surface area (TPSA) is 116 Å². The summed E-state index contributed by atoms with van der Waals surface area (Å²) >= 11 is 0. The highest BCUT2D eigenvalue weighted by atomic mass is 19.3. The van der Waals surface area contributed by atoms with Crippen LogP contribution in [0.4, 0.5) is 14.6 Å². The summed E-state index contributed by atoms with van der Waals surface area (Å²) in [5, 5.41) is 22.0. The van der Waals surface area contributed by atoms with E-state index in [1.54, 1.807) is 36.5 Å². The van der Waals surface area contributed by atoms with E-state index in [0.29, 0.717) is 11.4 Å². The SMILES string of the molecule is C#C[C@H](O)C(=O)N1CCC2(CC2Oc2ccc(-c3ccnc(NC(=O)C4CC4)c3)cc2C#N)C(F)(F)C1. The van der Waals surface area contributed by atoms with Crippen LogP contribution in [-0.4, -0.2) is 58.0 Å². The maximum atomic E-state index is 15.1. The van der Waals surface area contributed by atoms with Crippen molar-refractivity contribution in [2.45, 2.75) is 43.8 Å². The number of pyridine rings is 1. The first kappa shape index (κ1) is 24.7. The average molecular weight is 507 g/mol. The van der Waals surface area contributed by atoms with Crippen LogP contribution in [0, 0.1) is 35.0 Å². The van der Waals surface area contributed by atoms with E-state index >= 15 is 8.78 Å². The molecule has 3 atom stereocenters. The van der Waals surface area contributed by atoms with Crippen molar-refractivity contribution in [3.63, 3.8) is 0 Å². The molecule has 8 nitrogen and oxygen atoms in total. The third kappa shape index (κ3) is 4.61. The number of ether oxygens (including phenoxy) is 1. The number of alkyl halides is 2. The molecule has 0 bridgehead atoms. The number of nitrogens with zero attached hydrogens (tertiary/aromatic N) is 3. The molecule has 5 rings (SSSR count). The standard InChI is InChI=1S/C27H24F2N4O4/c1-2-20(34)25(36)33-10-8-26(27(28,29)15-33)13-22(26)37-21-6-5-17(11-19(21)14-30)18-7-9-31-23(12-18)32-24(35)16-3-4-16/h1,5-7,9,11-12,16,20,22,34H,3-4,8,10,13,15H2,(H,31,32,35)/t20-,22?,26?/m0/s1. The molecule has 2 amide bonds.